The van der Waals surface area contributed by atoms with Crippen LogP contribution in [0, 0.1) is 23.7 Å². The number of benzene rings is 1. The molecule has 31 heavy (non-hydrogen) atoms. The van der Waals surface area contributed by atoms with Crippen molar-refractivity contribution in [3.8, 4) is 0 Å². The van der Waals surface area contributed by atoms with Gasteiger partial charge < -0.3 is 4.74 Å². The van der Waals surface area contributed by atoms with Crippen LogP contribution in [0.25, 0.3) is 0 Å². The van der Waals surface area contributed by atoms with Crippen molar-refractivity contribution in [1.82, 2.24) is 0 Å². The first-order valence-electron chi connectivity index (χ1n) is 13.5. The molecule has 3 fully saturated rings. The van der Waals surface area contributed by atoms with Gasteiger partial charge in [0.1, 0.15) is 6.10 Å². The molecule has 3 aliphatic carbocycles. The summed E-state index contributed by atoms with van der Waals surface area (Å²) in [5.41, 5.74) is 1.50. The third-order valence-corrected chi connectivity index (χ3v) is 8.65. The summed E-state index contributed by atoms with van der Waals surface area (Å²) >= 11 is 0. The summed E-state index contributed by atoms with van der Waals surface area (Å²) in [6.07, 6.45) is 22.1. The van der Waals surface area contributed by atoms with E-state index in [4.69, 9.17) is 4.74 Å². The van der Waals surface area contributed by atoms with E-state index in [1.165, 1.54) is 89.0 Å². The Labute approximate surface area is 190 Å². The van der Waals surface area contributed by atoms with E-state index in [1.807, 2.05) is 0 Å². The lowest BCUT2D eigenvalue weighted by atomic mass is 9.75. The van der Waals surface area contributed by atoms with E-state index in [9.17, 15) is 4.79 Å². The summed E-state index contributed by atoms with van der Waals surface area (Å²) in [5, 5.41) is 0. The van der Waals surface area contributed by atoms with Gasteiger partial charge in [-0.3, -0.25) is 4.79 Å². The standard InChI is InChI=1S/C29H44O2/c30-29(31-28-9-5-2-6-10-28)27-21-19-26(20-22-27)18-17-25-15-13-24(14-16-25)12-11-23-7-3-1-4-8-23/h1,3-4,7-8,24-28H,2,5-6,9-22H2. The summed E-state index contributed by atoms with van der Waals surface area (Å²) in [4.78, 5) is 12.5. The molecule has 1 aromatic rings. The fraction of sp³-hybridized carbons (Fsp3) is 0.759. The van der Waals surface area contributed by atoms with Crippen LogP contribution >= 0.6 is 0 Å². The molecule has 0 atom stereocenters. The SMILES string of the molecule is O=C(OC1CCCCC1)C1CCC(CCC2CCC(CCc3ccccc3)CC2)CC1. The van der Waals surface area contributed by atoms with Gasteiger partial charge in [-0.2, -0.15) is 0 Å². The topological polar surface area (TPSA) is 26.3 Å². The maximum atomic E-state index is 12.5. The van der Waals surface area contributed by atoms with Crippen molar-refractivity contribution in [1.29, 1.82) is 0 Å². The molecular formula is C29H44O2. The first-order chi connectivity index (χ1) is 15.3. The molecule has 0 aliphatic heterocycles. The number of aryl methyl sites for hydroxylation is 1. The number of hydrogen-bond donors (Lipinski definition) is 0. The summed E-state index contributed by atoms with van der Waals surface area (Å²) in [5.74, 6) is 3.08. The zero-order valence-corrected chi connectivity index (χ0v) is 19.6. The van der Waals surface area contributed by atoms with E-state index < -0.39 is 0 Å². The summed E-state index contributed by atoms with van der Waals surface area (Å²) < 4.78 is 5.84. The second-order valence-electron chi connectivity index (χ2n) is 10.9. The lowest BCUT2D eigenvalue weighted by Gasteiger charge is -2.32. The minimum absolute atomic E-state index is 0.124. The van der Waals surface area contributed by atoms with Gasteiger partial charge >= 0.3 is 5.97 Å². The van der Waals surface area contributed by atoms with Crippen LogP contribution in [0.2, 0.25) is 0 Å². The Hall–Kier alpha value is -1.31. The van der Waals surface area contributed by atoms with E-state index >= 15 is 0 Å². The number of ether oxygens (including phenoxy) is 1. The highest BCUT2D eigenvalue weighted by atomic mass is 16.5. The van der Waals surface area contributed by atoms with Gasteiger partial charge in [0, 0.05) is 0 Å². The molecule has 0 heterocycles. The zero-order valence-electron chi connectivity index (χ0n) is 19.6. The normalized spacial score (nSPS) is 30.1. The maximum Gasteiger partial charge on any atom is 0.309 e. The Morgan fingerprint density at radius 3 is 1.84 bits per heavy atom. The summed E-state index contributed by atoms with van der Waals surface area (Å²) in [6.45, 7) is 0. The van der Waals surface area contributed by atoms with Crippen LogP contribution < -0.4 is 0 Å². The third kappa shape index (κ3) is 7.36. The molecule has 1 aromatic carbocycles. The molecular weight excluding hydrogens is 380 g/mol. The van der Waals surface area contributed by atoms with Crippen LogP contribution in [0.4, 0.5) is 0 Å². The quantitative estimate of drug-likeness (QED) is 0.397. The van der Waals surface area contributed by atoms with E-state index in [0.717, 1.165) is 43.4 Å². The third-order valence-electron chi connectivity index (χ3n) is 8.65. The Morgan fingerprint density at radius 1 is 0.677 bits per heavy atom. The van der Waals surface area contributed by atoms with E-state index in [2.05, 4.69) is 30.3 Å². The Morgan fingerprint density at radius 2 is 1.23 bits per heavy atom. The molecule has 0 N–H and O–H groups in total. The van der Waals surface area contributed by atoms with E-state index in [1.54, 1.807) is 0 Å². The Bertz CT molecular complexity index is 632. The zero-order chi connectivity index (χ0) is 21.3. The van der Waals surface area contributed by atoms with Crippen LogP contribution in [-0.4, -0.2) is 12.1 Å². The molecule has 172 valence electrons. The highest BCUT2D eigenvalue weighted by molar-refractivity contribution is 5.72. The van der Waals surface area contributed by atoms with Crippen LogP contribution in [0.5, 0.6) is 0 Å². The number of carbonyl (C=O) groups is 1. The molecule has 3 aliphatic rings. The smallest absolute Gasteiger partial charge is 0.309 e. The van der Waals surface area contributed by atoms with Gasteiger partial charge in [0.05, 0.1) is 5.92 Å². The van der Waals surface area contributed by atoms with Gasteiger partial charge in [0.15, 0.2) is 0 Å². The number of hydrogen-bond acceptors (Lipinski definition) is 2. The predicted octanol–water partition coefficient (Wildman–Crippen LogP) is 7.89. The van der Waals surface area contributed by atoms with Crippen LogP contribution in [0.3, 0.4) is 0 Å². The average molecular weight is 425 g/mol. The average Bonchev–Trinajstić information content (AvgIpc) is 2.84. The molecule has 2 heteroatoms. The van der Waals surface area contributed by atoms with Crippen LogP contribution in [0.1, 0.15) is 108 Å². The Kier molecular flexibility index (Phi) is 8.90. The van der Waals surface area contributed by atoms with Crippen molar-refractivity contribution in [3.63, 3.8) is 0 Å². The van der Waals surface area contributed by atoms with Gasteiger partial charge in [-0.25, -0.2) is 0 Å². The molecule has 3 saturated carbocycles. The minimum atomic E-state index is 0.124. The molecule has 0 unspecified atom stereocenters. The molecule has 4 rings (SSSR count). The number of rotatable bonds is 8. The molecule has 0 aromatic heterocycles. The van der Waals surface area contributed by atoms with Gasteiger partial charge in [-0.05, 0) is 87.5 Å². The van der Waals surface area contributed by atoms with E-state index in [0.29, 0.717) is 0 Å². The molecule has 0 spiro atoms. The highest BCUT2D eigenvalue weighted by Crippen LogP contribution is 2.38. The summed E-state index contributed by atoms with van der Waals surface area (Å²) in [7, 11) is 0. The van der Waals surface area contributed by atoms with Crippen molar-refractivity contribution in [2.75, 3.05) is 0 Å². The fourth-order valence-corrected chi connectivity index (χ4v) is 6.43. The second kappa shape index (κ2) is 12.1. The van der Waals surface area contributed by atoms with E-state index in [-0.39, 0.29) is 18.0 Å². The predicted molar refractivity (Wildman–Crippen MR) is 128 cm³/mol. The highest BCUT2D eigenvalue weighted by Gasteiger charge is 2.30. The summed E-state index contributed by atoms with van der Waals surface area (Å²) in [6, 6.07) is 11.0. The molecule has 0 bridgehead atoms. The first-order valence-corrected chi connectivity index (χ1v) is 13.5. The number of carbonyl (C=O) groups excluding carboxylic acids is 1. The molecule has 2 nitrogen and oxygen atoms in total. The number of esters is 1. The minimum Gasteiger partial charge on any atom is -0.462 e. The lowest BCUT2D eigenvalue weighted by Crippen LogP contribution is -2.29. The first kappa shape index (κ1) is 22.9. The Balaban J connectivity index is 1.07. The fourth-order valence-electron chi connectivity index (χ4n) is 6.43. The van der Waals surface area contributed by atoms with Crippen LogP contribution in [0.15, 0.2) is 30.3 Å². The van der Waals surface area contributed by atoms with Gasteiger partial charge in [0.2, 0.25) is 0 Å². The molecule has 0 radical (unpaired) electrons. The van der Waals surface area contributed by atoms with Gasteiger partial charge in [0.25, 0.3) is 0 Å². The van der Waals surface area contributed by atoms with Crippen molar-refractivity contribution in [2.24, 2.45) is 23.7 Å². The monoisotopic (exact) mass is 424 g/mol. The lowest BCUT2D eigenvalue weighted by molar-refractivity contribution is -0.157. The van der Waals surface area contributed by atoms with Crippen molar-refractivity contribution < 1.29 is 9.53 Å². The van der Waals surface area contributed by atoms with Crippen molar-refractivity contribution in [2.45, 2.75) is 115 Å². The van der Waals surface area contributed by atoms with Gasteiger partial charge in [-0.15, -0.1) is 0 Å². The van der Waals surface area contributed by atoms with Crippen molar-refractivity contribution in [3.05, 3.63) is 35.9 Å². The second-order valence-corrected chi connectivity index (χ2v) is 10.9. The largest absolute Gasteiger partial charge is 0.462 e. The van der Waals surface area contributed by atoms with Crippen molar-refractivity contribution >= 4 is 5.97 Å². The molecule has 0 amide bonds. The van der Waals surface area contributed by atoms with Crippen LogP contribution in [-0.2, 0) is 16.0 Å². The maximum absolute atomic E-state index is 12.5. The van der Waals surface area contributed by atoms with Gasteiger partial charge in [-0.1, -0.05) is 75.3 Å². The molecule has 0 saturated heterocycles.